The Hall–Kier alpha value is -4.92. The van der Waals surface area contributed by atoms with Gasteiger partial charge in [0.15, 0.2) is 0 Å². The molecule has 0 saturated heterocycles. The summed E-state index contributed by atoms with van der Waals surface area (Å²) < 4.78 is 51.2. The molecule has 12 nitrogen and oxygen atoms in total. The van der Waals surface area contributed by atoms with Crippen molar-refractivity contribution in [3.63, 3.8) is 0 Å². The van der Waals surface area contributed by atoms with Crippen LogP contribution in [0.2, 0.25) is 5.02 Å². The number of urea groups is 1. The van der Waals surface area contributed by atoms with E-state index in [1.54, 1.807) is 20.8 Å². The number of alkyl carbamates (subject to hydrolysis) is 1. The molecular weight excluding hydrogens is 585 g/mol. The molecule has 1 heterocycles. The summed E-state index contributed by atoms with van der Waals surface area (Å²) in [4.78, 5) is 56.6. The fourth-order valence-corrected chi connectivity index (χ4v) is 3.25. The maximum atomic E-state index is 13.7. The molecule has 0 radical (unpaired) electrons. The molecule has 0 spiro atoms. The van der Waals surface area contributed by atoms with E-state index in [4.69, 9.17) is 21.1 Å². The molecule has 222 valence electrons. The summed E-state index contributed by atoms with van der Waals surface area (Å²) in [5, 5.41) is 8.96. The molecule has 0 aliphatic carbocycles. The lowest BCUT2D eigenvalue weighted by molar-refractivity contribution is -0.138. The first kappa shape index (κ1) is 31.6. The Labute approximate surface area is 242 Å². The molecule has 0 atom stereocenters. The Morgan fingerprint density at radius 2 is 1.62 bits per heavy atom. The van der Waals surface area contributed by atoms with E-state index >= 15 is 0 Å². The lowest BCUT2D eigenvalue weighted by Crippen LogP contribution is -2.38. The third-order valence-corrected chi connectivity index (χ3v) is 5.00. The largest absolute Gasteiger partial charge is 0.444 e. The van der Waals surface area contributed by atoms with Crippen LogP contribution >= 0.6 is 11.6 Å². The van der Waals surface area contributed by atoms with E-state index in [0.29, 0.717) is 6.07 Å². The number of halogens is 4. The van der Waals surface area contributed by atoms with Crippen LogP contribution in [0.15, 0.2) is 54.9 Å². The lowest BCUT2D eigenvalue weighted by atomic mass is 10.1. The van der Waals surface area contributed by atoms with Gasteiger partial charge in [-0.3, -0.25) is 14.9 Å². The number of anilines is 2. The van der Waals surface area contributed by atoms with Crippen LogP contribution in [-0.2, 0) is 15.7 Å². The number of carbonyl (C=O) groups is 4. The van der Waals surface area contributed by atoms with Crippen molar-refractivity contribution >= 4 is 46.9 Å². The molecule has 1 aromatic heterocycles. The van der Waals surface area contributed by atoms with Gasteiger partial charge in [0.25, 0.3) is 5.91 Å². The maximum absolute atomic E-state index is 13.7. The predicted octanol–water partition coefficient (Wildman–Crippen LogP) is 5.37. The normalized spacial score (nSPS) is 11.2. The van der Waals surface area contributed by atoms with Crippen molar-refractivity contribution in [1.82, 2.24) is 20.6 Å². The number of nitrogens with one attached hydrogen (secondary N) is 4. The van der Waals surface area contributed by atoms with Gasteiger partial charge in [-0.15, -0.1) is 0 Å². The molecule has 2 aromatic carbocycles. The quantitative estimate of drug-likeness (QED) is 0.279. The minimum Gasteiger partial charge on any atom is -0.444 e. The minimum absolute atomic E-state index is 0.00377. The van der Waals surface area contributed by atoms with Gasteiger partial charge in [0.05, 0.1) is 28.7 Å². The van der Waals surface area contributed by atoms with Crippen LogP contribution in [0.25, 0.3) is 0 Å². The van der Waals surface area contributed by atoms with Crippen LogP contribution in [0.4, 0.5) is 34.1 Å². The molecular formula is C26H24ClF3N6O6. The second-order valence-corrected chi connectivity index (χ2v) is 9.79. The zero-order chi connectivity index (χ0) is 31.1. The summed E-state index contributed by atoms with van der Waals surface area (Å²) in [5.74, 6) is -2.31. The zero-order valence-electron chi connectivity index (χ0n) is 22.3. The molecule has 0 bridgehead atoms. The highest BCUT2D eigenvalue weighted by molar-refractivity contribution is 6.30. The zero-order valence-corrected chi connectivity index (χ0v) is 23.0. The van der Waals surface area contributed by atoms with Gasteiger partial charge in [-0.25, -0.2) is 19.6 Å². The number of ether oxygens (including phenoxy) is 2. The SMILES string of the molecule is CC(C)(C)OC(=O)NCC(=O)Nc1ccccc1C(=O)NC(=O)Nc1ccc(Oc2ncc(Cl)cn2)c(C(F)(F)F)c1. The number of hydrogen-bond donors (Lipinski definition) is 4. The van der Waals surface area contributed by atoms with Crippen LogP contribution in [0.1, 0.15) is 36.7 Å². The number of amides is 5. The standard InChI is InChI=1S/C26H24ClF3N6O6/c1-25(2,3)42-24(40)33-13-20(37)35-18-7-5-4-6-16(18)21(38)36-22(39)34-15-8-9-19(17(10-15)26(28,29)30)41-23-31-11-14(27)12-32-23/h4-12H,13H2,1-3H3,(H,33,40)(H,35,37)(H2,34,36,38,39). The summed E-state index contributed by atoms with van der Waals surface area (Å²) in [6.45, 7) is 4.47. The Balaban J connectivity index is 1.66. The minimum atomic E-state index is -4.89. The second-order valence-electron chi connectivity index (χ2n) is 9.35. The molecule has 3 rings (SSSR count). The third-order valence-electron chi connectivity index (χ3n) is 4.81. The Morgan fingerprint density at radius 3 is 2.26 bits per heavy atom. The highest BCUT2D eigenvalue weighted by atomic mass is 35.5. The van der Waals surface area contributed by atoms with Crippen molar-refractivity contribution in [3.05, 3.63) is 71.0 Å². The summed E-state index contributed by atoms with van der Waals surface area (Å²) in [5.41, 5.74) is -2.47. The van der Waals surface area contributed by atoms with Crippen molar-refractivity contribution in [3.8, 4) is 11.8 Å². The molecule has 3 aromatic rings. The monoisotopic (exact) mass is 608 g/mol. The van der Waals surface area contributed by atoms with Crippen LogP contribution in [0.3, 0.4) is 0 Å². The maximum Gasteiger partial charge on any atom is 0.420 e. The number of carbonyl (C=O) groups excluding carboxylic acids is 4. The average molecular weight is 609 g/mol. The van der Waals surface area contributed by atoms with Crippen LogP contribution < -0.4 is 26.0 Å². The summed E-state index contributed by atoms with van der Waals surface area (Å²) >= 11 is 5.67. The molecule has 16 heteroatoms. The smallest absolute Gasteiger partial charge is 0.420 e. The second kappa shape index (κ2) is 13.2. The number of alkyl halides is 3. The number of hydrogen-bond acceptors (Lipinski definition) is 8. The molecule has 0 aliphatic rings. The van der Waals surface area contributed by atoms with Crippen molar-refractivity contribution < 1.29 is 41.8 Å². The number of rotatable bonds is 7. The summed E-state index contributed by atoms with van der Waals surface area (Å²) in [7, 11) is 0. The van der Waals surface area contributed by atoms with E-state index in [2.05, 4.69) is 25.9 Å². The molecule has 42 heavy (non-hydrogen) atoms. The van der Waals surface area contributed by atoms with Crippen LogP contribution in [0.5, 0.6) is 11.8 Å². The van der Waals surface area contributed by atoms with Gasteiger partial charge in [0.1, 0.15) is 23.5 Å². The molecule has 0 saturated carbocycles. The molecule has 0 fully saturated rings. The van der Waals surface area contributed by atoms with Crippen molar-refractivity contribution in [2.45, 2.75) is 32.5 Å². The first-order valence-corrected chi connectivity index (χ1v) is 12.3. The van der Waals surface area contributed by atoms with Gasteiger partial charge in [-0.1, -0.05) is 23.7 Å². The number of imide groups is 1. The van der Waals surface area contributed by atoms with Gasteiger partial charge < -0.3 is 25.4 Å². The number of nitrogens with zero attached hydrogens (tertiary/aromatic N) is 2. The molecule has 5 amide bonds. The Morgan fingerprint density at radius 1 is 0.952 bits per heavy atom. The first-order chi connectivity index (χ1) is 19.6. The van der Waals surface area contributed by atoms with Gasteiger partial charge in [-0.2, -0.15) is 13.2 Å². The van der Waals surface area contributed by atoms with E-state index in [1.165, 1.54) is 24.3 Å². The molecule has 0 aliphatic heterocycles. The van der Waals surface area contributed by atoms with Gasteiger partial charge in [-0.05, 0) is 51.1 Å². The van der Waals surface area contributed by atoms with E-state index in [-0.39, 0.29) is 28.0 Å². The first-order valence-electron chi connectivity index (χ1n) is 12.0. The highest BCUT2D eigenvalue weighted by Gasteiger charge is 2.35. The molecule has 4 N–H and O–H groups in total. The average Bonchev–Trinajstić information content (AvgIpc) is 2.88. The third kappa shape index (κ3) is 9.62. The van der Waals surface area contributed by atoms with Gasteiger partial charge in [0, 0.05) is 5.69 Å². The van der Waals surface area contributed by atoms with E-state index in [0.717, 1.165) is 24.5 Å². The Kier molecular flexibility index (Phi) is 9.90. The predicted molar refractivity (Wildman–Crippen MR) is 144 cm³/mol. The van der Waals surface area contributed by atoms with E-state index in [9.17, 15) is 32.3 Å². The number of aromatic nitrogens is 2. The Bertz CT molecular complexity index is 1480. The number of benzene rings is 2. The van der Waals surface area contributed by atoms with E-state index in [1.807, 2.05) is 5.32 Å². The fourth-order valence-electron chi connectivity index (χ4n) is 3.15. The van der Waals surface area contributed by atoms with Crippen LogP contribution in [-0.4, -0.2) is 46.1 Å². The van der Waals surface area contributed by atoms with E-state index < -0.39 is 53.6 Å². The summed E-state index contributed by atoms with van der Waals surface area (Å²) in [6, 6.07) is 6.73. The van der Waals surface area contributed by atoms with Crippen LogP contribution in [0, 0.1) is 0 Å². The van der Waals surface area contributed by atoms with Crippen molar-refractivity contribution in [2.24, 2.45) is 0 Å². The van der Waals surface area contributed by atoms with Crippen molar-refractivity contribution in [2.75, 3.05) is 17.2 Å². The fraction of sp³-hybridized carbons (Fsp3) is 0.231. The van der Waals surface area contributed by atoms with Gasteiger partial charge in [0.2, 0.25) is 5.91 Å². The molecule has 0 unspecified atom stereocenters. The lowest BCUT2D eigenvalue weighted by Gasteiger charge is -2.19. The highest BCUT2D eigenvalue weighted by Crippen LogP contribution is 2.39. The topological polar surface area (TPSA) is 161 Å². The van der Waals surface area contributed by atoms with Gasteiger partial charge >= 0.3 is 24.3 Å². The number of para-hydroxylation sites is 1. The summed E-state index contributed by atoms with van der Waals surface area (Å²) in [6.07, 6.45) is -3.44. The van der Waals surface area contributed by atoms with Crippen molar-refractivity contribution in [1.29, 1.82) is 0 Å².